The standard InChI is InChI=1S/C26H26O2S/c1-2-28-25(27)20-12-13-21-29-26(22-14-6-3-7-15-22,23-16-8-4-9-17-23)24-18-10-5-11-19-24/h3-19H,2,20-21H2,1H3/b13-12+. The average Bonchev–Trinajstić information content (AvgIpc) is 2.78. The van der Waals surface area contributed by atoms with Crippen molar-refractivity contribution >= 4 is 17.7 Å². The monoisotopic (exact) mass is 402 g/mol. The van der Waals surface area contributed by atoms with Crippen molar-refractivity contribution in [3.8, 4) is 0 Å². The third-order valence-corrected chi connectivity index (χ3v) is 6.19. The van der Waals surface area contributed by atoms with E-state index in [0.29, 0.717) is 13.0 Å². The number of ether oxygens (including phenoxy) is 1. The molecule has 0 aliphatic carbocycles. The number of carbonyl (C=O) groups is 1. The molecule has 0 saturated heterocycles. The van der Waals surface area contributed by atoms with Gasteiger partial charge < -0.3 is 4.74 Å². The van der Waals surface area contributed by atoms with Crippen molar-refractivity contribution in [3.63, 3.8) is 0 Å². The molecule has 3 aromatic carbocycles. The summed E-state index contributed by atoms with van der Waals surface area (Å²) in [5.74, 6) is 0.590. The molecule has 3 rings (SSSR count). The molecule has 2 nitrogen and oxygen atoms in total. The van der Waals surface area contributed by atoms with E-state index in [4.69, 9.17) is 4.74 Å². The predicted octanol–water partition coefficient (Wildman–Crippen LogP) is 6.22. The highest BCUT2D eigenvalue weighted by molar-refractivity contribution is 8.00. The van der Waals surface area contributed by atoms with E-state index in [-0.39, 0.29) is 10.7 Å². The molecule has 0 N–H and O–H groups in total. The van der Waals surface area contributed by atoms with E-state index in [1.165, 1.54) is 16.7 Å². The minimum absolute atomic E-state index is 0.186. The average molecular weight is 403 g/mol. The molecule has 0 aliphatic heterocycles. The molecule has 148 valence electrons. The van der Waals surface area contributed by atoms with Gasteiger partial charge in [0.2, 0.25) is 0 Å². The zero-order valence-corrected chi connectivity index (χ0v) is 17.5. The molecule has 0 aromatic heterocycles. The fourth-order valence-corrected chi connectivity index (χ4v) is 4.80. The van der Waals surface area contributed by atoms with Gasteiger partial charge in [-0.15, -0.1) is 11.8 Å². The molecular weight excluding hydrogens is 376 g/mol. The fourth-order valence-electron chi connectivity index (χ4n) is 3.41. The van der Waals surface area contributed by atoms with Crippen molar-refractivity contribution in [2.75, 3.05) is 12.4 Å². The van der Waals surface area contributed by atoms with Gasteiger partial charge in [-0.3, -0.25) is 4.79 Å². The van der Waals surface area contributed by atoms with E-state index in [2.05, 4.69) is 78.9 Å². The number of carbonyl (C=O) groups excluding carboxylic acids is 1. The van der Waals surface area contributed by atoms with Gasteiger partial charge >= 0.3 is 5.97 Å². The summed E-state index contributed by atoms with van der Waals surface area (Å²) >= 11 is 1.85. The quantitative estimate of drug-likeness (QED) is 0.241. The Balaban J connectivity index is 1.97. The highest BCUT2D eigenvalue weighted by atomic mass is 32.2. The molecule has 0 atom stereocenters. The van der Waals surface area contributed by atoms with Crippen LogP contribution in [-0.4, -0.2) is 18.3 Å². The molecule has 0 fully saturated rings. The summed E-state index contributed by atoms with van der Waals surface area (Å²) in [6.45, 7) is 2.24. The van der Waals surface area contributed by atoms with Gasteiger partial charge in [0.1, 0.15) is 0 Å². The first-order chi connectivity index (χ1) is 14.3. The highest BCUT2D eigenvalue weighted by Gasteiger charge is 2.36. The van der Waals surface area contributed by atoms with Crippen LogP contribution in [0, 0.1) is 0 Å². The van der Waals surface area contributed by atoms with Crippen molar-refractivity contribution in [2.24, 2.45) is 0 Å². The molecule has 0 saturated carbocycles. The van der Waals surface area contributed by atoms with Crippen LogP contribution in [0.15, 0.2) is 103 Å². The van der Waals surface area contributed by atoms with E-state index < -0.39 is 0 Å². The number of benzene rings is 3. The van der Waals surface area contributed by atoms with Gasteiger partial charge in [-0.1, -0.05) is 103 Å². The number of hydrogen-bond acceptors (Lipinski definition) is 3. The number of rotatable bonds is 9. The topological polar surface area (TPSA) is 26.3 Å². The van der Waals surface area contributed by atoms with E-state index in [1.54, 1.807) is 0 Å². The van der Waals surface area contributed by atoms with Crippen molar-refractivity contribution in [1.82, 2.24) is 0 Å². The van der Waals surface area contributed by atoms with Gasteiger partial charge in [-0.05, 0) is 23.6 Å². The molecule has 0 aliphatic rings. The van der Waals surface area contributed by atoms with E-state index in [9.17, 15) is 4.79 Å². The zero-order chi connectivity index (χ0) is 20.4. The predicted molar refractivity (Wildman–Crippen MR) is 122 cm³/mol. The van der Waals surface area contributed by atoms with Crippen LogP contribution < -0.4 is 0 Å². The summed E-state index contributed by atoms with van der Waals surface area (Å²) in [7, 11) is 0. The third-order valence-electron chi connectivity index (χ3n) is 4.69. The molecule has 0 spiro atoms. The van der Waals surface area contributed by atoms with Crippen LogP contribution >= 0.6 is 11.8 Å². The van der Waals surface area contributed by atoms with Crippen LogP contribution in [0.5, 0.6) is 0 Å². The summed E-state index contributed by atoms with van der Waals surface area (Å²) in [6, 6.07) is 31.8. The van der Waals surface area contributed by atoms with Gasteiger partial charge in [0, 0.05) is 5.75 Å². The van der Waals surface area contributed by atoms with Gasteiger partial charge in [0.25, 0.3) is 0 Å². The third kappa shape index (κ3) is 5.18. The van der Waals surface area contributed by atoms with Crippen LogP contribution in [0.1, 0.15) is 30.0 Å². The maximum atomic E-state index is 11.6. The molecule has 0 bridgehead atoms. The van der Waals surface area contributed by atoms with Crippen LogP contribution in [0.4, 0.5) is 0 Å². The molecule has 0 amide bonds. The van der Waals surface area contributed by atoms with E-state index in [0.717, 1.165) is 5.75 Å². The molecule has 29 heavy (non-hydrogen) atoms. The molecule has 0 radical (unpaired) electrons. The van der Waals surface area contributed by atoms with Crippen molar-refractivity contribution in [1.29, 1.82) is 0 Å². The maximum Gasteiger partial charge on any atom is 0.309 e. The number of hydrogen-bond donors (Lipinski definition) is 0. The van der Waals surface area contributed by atoms with Crippen LogP contribution in [0.3, 0.4) is 0 Å². The lowest BCUT2D eigenvalue weighted by Gasteiger charge is -2.35. The van der Waals surface area contributed by atoms with Crippen molar-refractivity contribution < 1.29 is 9.53 Å². The molecule has 3 aromatic rings. The Kier molecular flexibility index (Phi) is 7.71. The Morgan fingerprint density at radius 1 is 0.793 bits per heavy atom. The first-order valence-electron chi connectivity index (χ1n) is 9.88. The molecule has 3 heteroatoms. The summed E-state index contributed by atoms with van der Waals surface area (Å²) in [5.41, 5.74) is 3.71. The Labute approximate surface area is 177 Å². The first-order valence-corrected chi connectivity index (χ1v) is 10.9. The largest absolute Gasteiger partial charge is 0.466 e. The minimum atomic E-state index is -0.335. The lowest BCUT2D eigenvalue weighted by atomic mass is 9.84. The van der Waals surface area contributed by atoms with E-state index in [1.807, 2.05) is 43.0 Å². The van der Waals surface area contributed by atoms with Crippen molar-refractivity contribution in [2.45, 2.75) is 18.1 Å². The minimum Gasteiger partial charge on any atom is -0.466 e. The van der Waals surface area contributed by atoms with Crippen molar-refractivity contribution in [3.05, 3.63) is 120 Å². The Bertz CT molecular complexity index is 809. The summed E-state index contributed by atoms with van der Waals surface area (Å²) in [6.07, 6.45) is 4.27. The zero-order valence-electron chi connectivity index (χ0n) is 16.7. The molecular formula is C26H26O2S. The second kappa shape index (κ2) is 10.7. The van der Waals surface area contributed by atoms with Crippen LogP contribution in [-0.2, 0) is 14.3 Å². The Hall–Kier alpha value is -2.78. The number of thioether (sulfide) groups is 1. The molecule has 0 heterocycles. The normalized spacial score (nSPS) is 11.5. The number of esters is 1. The Morgan fingerprint density at radius 2 is 1.24 bits per heavy atom. The van der Waals surface area contributed by atoms with Gasteiger partial charge in [0.05, 0.1) is 17.8 Å². The van der Waals surface area contributed by atoms with Crippen LogP contribution in [0.25, 0.3) is 0 Å². The van der Waals surface area contributed by atoms with Gasteiger partial charge in [-0.2, -0.15) is 0 Å². The smallest absolute Gasteiger partial charge is 0.309 e. The lowest BCUT2D eigenvalue weighted by molar-refractivity contribution is -0.142. The highest BCUT2D eigenvalue weighted by Crippen LogP contribution is 2.48. The SMILES string of the molecule is CCOC(=O)C/C=C/CSC(c1ccccc1)(c1ccccc1)c1ccccc1. The summed E-state index contributed by atoms with van der Waals surface area (Å²) in [4.78, 5) is 11.6. The summed E-state index contributed by atoms with van der Waals surface area (Å²) in [5, 5.41) is 0. The first kappa shape index (κ1) is 20.9. The second-order valence-electron chi connectivity index (χ2n) is 6.57. The maximum absolute atomic E-state index is 11.6. The van der Waals surface area contributed by atoms with Gasteiger partial charge in [0.15, 0.2) is 0 Å². The van der Waals surface area contributed by atoms with E-state index >= 15 is 0 Å². The fraction of sp³-hybridized carbons (Fsp3) is 0.192. The Morgan fingerprint density at radius 3 is 1.66 bits per heavy atom. The summed E-state index contributed by atoms with van der Waals surface area (Å²) < 4.78 is 4.67. The van der Waals surface area contributed by atoms with Crippen LogP contribution in [0.2, 0.25) is 0 Å². The lowest BCUT2D eigenvalue weighted by Crippen LogP contribution is -2.26. The second-order valence-corrected chi connectivity index (χ2v) is 7.81. The van der Waals surface area contributed by atoms with Gasteiger partial charge in [-0.25, -0.2) is 0 Å². The molecule has 0 unspecified atom stereocenters.